The lowest BCUT2D eigenvalue weighted by molar-refractivity contribution is -0.384. The summed E-state index contributed by atoms with van der Waals surface area (Å²) < 4.78 is 0. The van der Waals surface area contributed by atoms with Gasteiger partial charge in [-0.05, 0) is 43.3 Å². The van der Waals surface area contributed by atoms with Gasteiger partial charge in [0, 0.05) is 42.2 Å². The Labute approximate surface area is 176 Å². The van der Waals surface area contributed by atoms with Crippen LogP contribution in [0.3, 0.4) is 0 Å². The first-order valence-electron chi connectivity index (χ1n) is 9.71. The Morgan fingerprint density at radius 3 is 2.62 bits per heavy atom. The molecule has 8 heteroatoms. The second kappa shape index (κ2) is 9.97. The standard InChI is InChI=1S/C21H25N5O2S/c1-25(18-10-6-3-7-11-18)20-13-12-19(26(27)28)14-16(20)15-22-24-21(29)23-17-8-4-2-5-9-17/h2,4-5,8-9,12-15,18H,3,6-7,10-11H2,1H3,(H2,23,24,29)/b22-15+. The summed E-state index contributed by atoms with van der Waals surface area (Å²) in [5, 5.41) is 18.8. The Bertz CT molecular complexity index is 882. The summed E-state index contributed by atoms with van der Waals surface area (Å²) in [4.78, 5) is 13.0. The quantitative estimate of drug-likeness (QED) is 0.311. The van der Waals surface area contributed by atoms with Crippen molar-refractivity contribution < 1.29 is 4.92 Å². The van der Waals surface area contributed by atoms with E-state index in [0.717, 1.165) is 24.2 Å². The highest BCUT2D eigenvalue weighted by Crippen LogP contribution is 2.30. The molecule has 0 bridgehead atoms. The predicted octanol–water partition coefficient (Wildman–Crippen LogP) is 4.68. The highest BCUT2D eigenvalue weighted by atomic mass is 32.1. The minimum Gasteiger partial charge on any atom is -0.371 e. The SMILES string of the molecule is CN(c1ccc([N+](=O)[O-])cc1/C=N/NC(=S)Nc1ccccc1)C1CCCCC1. The van der Waals surface area contributed by atoms with E-state index in [0.29, 0.717) is 16.7 Å². The highest BCUT2D eigenvalue weighted by molar-refractivity contribution is 7.80. The third kappa shape index (κ3) is 5.74. The number of nitro benzene ring substituents is 1. The number of nitro groups is 1. The first kappa shape index (κ1) is 20.7. The van der Waals surface area contributed by atoms with Crippen LogP contribution in [0.5, 0.6) is 0 Å². The molecule has 29 heavy (non-hydrogen) atoms. The van der Waals surface area contributed by atoms with E-state index < -0.39 is 4.92 Å². The number of hydrazone groups is 1. The maximum atomic E-state index is 11.2. The van der Waals surface area contributed by atoms with Gasteiger partial charge in [0.2, 0.25) is 0 Å². The van der Waals surface area contributed by atoms with Crippen molar-refractivity contribution in [2.24, 2.45) is 5.10 Å². The van der Waals surface area contributed by atoms with E-state index in [1.165, 1.54) is 19.3 Å². The zero-order valence-corrected chi connectivity index (χ0v) is 17.2. The molecule has 0 radical (unpaired) electrons. The van der Waals surface area contributed by atoms with Crippen molar-refractivity contribution in [3.8, 4) is 0 Å². The van der Waals surface area contributed by atoms with Gasteiger partial charge in [0.15, 0.2) is 5.11 Å². The molecular weight excluding hydrogens is 386 g/mol. The fraction of sp³-hybridized carbons (Fsp3) is 0.333. The summed E-state index contributed by atoms with van der Waals surface area (Å²) in [5.41, 5.74) is 5.28. The lowest BCUT2D eigenvalue weighted by Gasteiger charge is -2.33. The molecule has 1 saturated carbocycles. The van der Waals surface area contributed by atoms with E-state index >= 15 is 0 Å². The Morgan fingerprint density at radius 2 is 1.93 bits per heavy atom. The van der Waals surface area contributed by atoms with Crippen LogP contribution in [0.15, 0.2) is 53.6 Å². The highest BCUT2D eigenvalue weighted by Gasteiger charge is 2.21. The van der Waals surface area contributed by atoms with Crippen LogP contribution in [0, 0.1) is 10.1 Å². The van der Waals surface area contributed by atoms with Crippen LogP contribution in [-0.2, 0) is 0 Å². The van der Waals surface area contributed by atoms with Crippen molar-refractivity contribution in [2.45, 2.75) is 38.1 Å². The minimum atomic E-state index is -0.392. The summed E-state index contributed by atoms with van der Waals surface area (Å²) in [5.74, 6) is 0. The third-order valence-electron chi connectivity index (χ3n) is 5.13. The fourth-order valence-corrected chi connectivity index (χ4v) is 3.76. The second-order valence-electron chi connectivity index (χ2n) is 7.09. The number of thiocarbonyl (C=S) groups is 1. The zero-order chi connectivity index (χ0) is 20.6. The molecule has 1 aliphatic carbocycles. The molecule has 3 rings (SSSR count). The molecule has 0 heterocycles. The van der Waals surface area contributed by atoms with Crippen LogP contribution >= 0.6 is 12.2 Å². The van der Waals surface area contributed by atoms with E-state index in [2.05, 4.69) is 20.7 Å². The second-order valence-corrected chi connectivity index (χ2v) is 7.50. The normalized spacial score (nSPS) is 14.5. The molecule has 2 N–H and O–H groups in total. The van der Waals surface area contributed by atoms with Gasteiger partial charge in [0.05, 0.1) is 11.1 Å². The van der Waals surface area contributed by atoms with Crippen molar-refractivity contribution in [3.63, 3.8) is 0 Å². The summed E-state index contributed by atoms with van der Waals surface area (Å²) >= 11 is 5.25. The van der Waals surface area contributed by atoms with Gasteiger partial charge < -0.3 is 10.2 Å². The average molecular weight is 412 g/mol. The fourth-order valence-electron chi connectivity index (χ4n) is 3.59. The zero-order valence-electron chi connectivity index (χ0n) is 16.4. The first-order valence-corrected chi connectivity index (χ1v) is 10.1. The largest absolute Gasteiger partial charge is 0.371 e. The minimum absolute atomic E-state index is 0.0391. The topological polar surface area (TPSA) is 82.8 Å². The lowest BCUT2D eigenvalue weighted by Crippen LogP contribution is -2.34. The first-order chi connectivity index (χ1) is 14.0. The number of hydrogen-bond acceptors (Lipinski definition) is 5. The smallest absolute Gasteiger partial charge is 0.270 e. The number of nitrogens with one attached hydrogen (secondary N) is 2. The van der Waals surface area contributed by atoms with Gasteiger partial charge in [-0.1, -0.05) is 37.5 Å². The molecule has 1 aliphatic rings. The maximum Gasteiger partial charge on any atom is 0.270 e. The van der Waals surface area contributed by atoms with Crippen LogP contribution in [-0.4, -0.2) is 29.3 Å². The Morgan fingerprint density at radius 1 is 1.21 bits per heavy atom. The van der Waals surface area contributed by atoms with Gasteiger partial charge in [-0.2, -0.15) is 5.10 Å². The Balaban J connectivity index is 1.74. The van der Waals surface area contributed by atoms with Gasteiger partial charge in [-0.3, -0.25) is 15.5 Å². The van der Waals surface area contributed by atoms with Crippen LogP contribution in [0.25, 0.3) is 0 Å². The van der Waals surface area contributed by atoms with Crippen LogP contribution in [0.4, 0.5) is 17.1 Å². The number of rotatable bonds is 6. The van der Waals surface area contributed by atoms with E-state index in [4.69, 9.17) is 12.2 Å². The van der Waals surface area contributed by atoms with E-state index in [9.17, 15) is 10.1 Å². The van der Waals surface area contributed by atoms with E-state index in [1.54, 1.807) is 24.4 Å². The Hall–Kier alpha value is -3.00. The van der Waals surface area contributed by atoms with Gasteiger partial charge in [-0.25, -0.2) is 0 Å². The van der Waals surface area contributed by atoms with Crippen molar-refractivity contribution in [1.82, 2.24) is 5.43 Å². The molecule has 0 unspecified atom stereocenters. The van der Waals surface area contributed by atoms with Crippen LogP contribution in [0.1, 0.15) is 37.7 Å². The van der Waals surface area contributed by atoms with E-state index in [1.807, 2.05) is 37.4 Å². The maximum absolute atomic E-state index is 11.2. The summed E-state index contributed by atoms with van der Waals surface area (Å²) in [6.07, 6.45) is 7.55. The van der Waals surface area contributed by atoms with Crippen LogP contribution in [0.2, 0.25) is 0 Å². The molecule has 0 spiro atoms. The number of hydrogen-bond donors (Lipinski definition) is 2. The number of non-ortho nitro benzene ring substituents is 1. The Kier molecular flexibility index (Phi) is 7.13. The van der Waals surface area contributed by atoms with Gasteiger partial charge >= 0.3 is 0 Å². The third-order valence-corrected chi connectivity index (χ3v) is 5.32. The molecule has 2 aromatic carbocycles. The van der Waals surface area contributed by atoms with Gasteiger partial charge in [0.1, 0.15) is 0 Å². The predicted molar refractivity (Wildman–Crippen MR) is 122 cm³/mol. The van der Waals surface area contributed by atoms with Gasteiger partial charge in [0.25, 0.3) is 5.69 Å². The number of nitrogens with zero attached hydrogens (tertiary/aromatic N) is 3. The van der Waals surface area contributed by atoms with Crippen molar-refractivity contribution in [1.29, 1.82) is 0 Å². The molecule has 0 saturated heterocycles. The molecule has 0 atom stereocenters. The molecule has 0 aromatic heterocycles. The van der Waals surface area contributed by atoms with Crippen molar-refractivity contribution >= 4 is 40.6 Å². The van der Waals surface area contributed by atoms with Gasteiger partial charge in [-0.15, -0.1) is 0 Å². The molecular formula is C21H25N5O2S. The molecule has 7 nitrogen and oxygen atoms in total. The molecule has 2 aromatic rings. The van der Waals surface area contributed by atoms with E-state index in [-0.39, 0.29) is 5.69 Å². The summed E-state index contributed by atoms with van der Waals surface area (Å²) in [7, 11) is 2.05. The van der Waals surface area contributed by atoms with Crippen molar-refractivity contribution in [2.75, 3.05) is 17.3 Å². The summed E-state index contributed by atoms with van der Waals surface area (Å²) in [6.45, 7) is 0. The molecule has 152 valence electrons. The number of para-hydroxylation sites is 1. The summed E-state index contributed by atoms with van der Waals surface area (Å²) in [6, 6.07) is 14.9. The number of benzene rings is 2. The average Bonchev–Trinajstić information content (AvgIpc) is 2.74. The van der Waals surface area contributed by atoms with Crippen LogP contribution < -0.4 is 15.6 Å². The monoisotopic (exact) mass is 411 g/mol. The molecule has 0 aliphatic heterocycles. The lowest BCUT2D eigenvalue weighted by atomic mass is 9.94. The van der Waals surface area contributed by atoms with Crippen molar-refractivity contribution in [3.05, 3.63) is 64.2 Å². The molecule has 0 amide bonds. The molecule has 1 fully saturated rings. The number of anilines is 2.